The maximum atomic E-state index is 11.6. The zero-order valence-electron chi connectivity index (χ0n) is 13.4. The lowest BCUT2D eigenvalue weighted by Gasteiger charge is -2.15. The number of hydrogen-bond acceptors (Lipinski definition) is 6. The van der Waals surface area contributed by atoms with E-state index in [1.807, 2.05) is 42.5 Å². The van der Waals surface area contributed by atoms with E-state index in [-0.39, 0.29) is 28.9 Å². The lowest BCUT2D eigenvalue weighted by Crippen LogP contribution is -2.25. The van der Waals surface area contributed by atoms with Crippen LogP contribution >= 0.6 is 11.8 Å². The van der Waals surface area contributed by atoms with Gasteiger partial charge in [0.1, 0.15) is 5.75 Å². The molecule has 2 heterocycles. The molecule has 0 saturated carbocycles. The van der Waals surface area contributed by atoms with Crippen LogP contribution in [0.15, 0.2) is 48.7 Å². The number of aromatic nitrogens is 1. The van der Waals surface area contributed by atoms with E-state index in [0.717, 1.165) is 23.0 Å². The maximum absolute atomic E-state index is 11.6. The molecule has 2 amide bonds. The van der Waals surface area contributed by atoms with Crippen molar-refractivity contribution in [3.05, 3.63) is 59.9 Å². The second-order valence-corrected chi connectivity index (χ2v) is 6.85. The SMILES string of the molecule is O=C1NC(=O)C(Cc2ccc(OCC(CO)c3ccccn3)cc2)S1. The number of carbonyl (C=O) groups is 2. The van der Waals surface area contributed by atoms with Crippen molar-refractivity contribution >= 4 is 22.9 Å². The van der Waals surface area contributed by atoms with Gasteiger partial charge in [0.05, 0.1) is 24.4 Å². The molecule has 130 valence electrons. The molecule has 1 aliphatic rings. The highest BCUT2D eigenvalue weighted by atomic mass is 32.2. The summed E-state index contributed by atoms with van der Waals surface area (Å²) in [5, 5.41) is 11.1. The Labute approximate surface area is 149 Å². The summed E-state index contributed by atoms with van der Waals surface area (Å²) in [4.78, 5) is 27.0. The largest absolute Gasteiger partial charge is 0.493 e. The first kappa shape index (κ1) is 17.4. The van der Waals surface area contributed by atoms with Crippen LogP contribution in [0, 0.1) is 0 Å². The van der Waals surface area contributed by atoms with Crippen LogP contribution in [0.3, 0.4) is 0 Å². The highest BCUT2D eigenvalue weighted by Crippen LogP contribution is 2.24. The van der Waals surface area contributed by atoms with E-state index < -0.39 is 0 Å². The Balaban J connectivity index is 1.55. The summed E-state index contributed by atoms with van der Waals surface area (Å²) in [6, 6.07) is 13.0. The van der Waals surface area contributed by atoms with Crippen LogP contribution in [-0.2, 0) is 11.2 Å². The van der Waals surface area contributed by atoms with E-state index in [1.165, 1.54) is 0 Å². The summed E-state index contributed by atoms with van der Waals surface area (Å²) in [6.45, 7) is 0.277. The van der Waals surface area contributed by atoms with Crippen molar-refractivity contribution in [2.45, 2.75) is 17.6 Å². The molecule has 6 nitrogen and oxygen atoms in total. The van der Waals surface area contributed by atoms with Gasteiger partial charge in [-0.1, -0.05) is 30.0 Å². The zero-order chi connectivity index (χ0) is 17.6. The summed E-state index contributed by atoms with van der Waals surface area (Å²) < 4.78 is 5.74. The molecule has 3 rings (SSSR count). The van der Waals surface area contributed by atoms with Crippen LogP contribution < -0.4 is 10.1 Å². The van der Waals surface area contributed by atoms with Gasteiger partial charge in [-0.25, -0.2) is 0 Å². The fourth-order valence-electron chi connectivity index (χ4n) is 2.51. The second-order valence-electron chi connectivity index (χ2n) is 5.68. The van der Waals surface area contributed by atoms with Gasteiger partial charge in [-0.2, -0.15) is 0 Å². The third-order valence-corrected chi connectivity index (χ3v) is 4.87. The van der Waals surface area contributed by atoms with Crippen LogP contribution in [0.25, 0.3) is 0 Å². The predicted octanol–water partition coefficient (Wildman–Crippen LogP) is 2.13. The highest BCUT2D eigenvalue weighted by molar-refractivity contribution is 8.15. The normalized spacial score (nSPS) is 18.0. The van der Waals surface area contributed by atoms with Crippen molar-refractivity contribution in [2.24, 2.45) is 0 Å². The predicted molar refractivity (Wildman–Crippen MR) is 94.6 cm³/mol. The second kappa shape index (κ2) is 8.13. The van der Waals surface area contributed by atoms with Crippen molar-refractivity contribution in [3.8, 4) is 5.75 Å². The number of aliphatic hydroxyl groups excluding tert-OH is 1. The Morgan fingerprint density at radius 2 is 2.00 bits per heavy atom. The number of nitrogens with zero attached hydrogens (tertiary/aromatic N) is 1. The zero-order valence-corrected chi connectivity index (χ0v) is 14.2. The minimum absolute atomic E-state index is 0.0445. The van der Waals surface area contributed by atoms with E-state index in [2.05, 4.69) is 10.3 Å². The van der Waals surface area contributed by atoms with Gasteiger partial charge in [-0.05, 0) is 36.2 Å². The van der Waals surface area contributed by atoms with Crippen molar-refractivity contribution in [1.82, 2.24) is 10.3 Å². The van der Waals surface area contributed by atoms with Crippen molar-refractivity contribution in [1.29, 1.82) is 0 Å². The van der Waals surface area contributed by atoms with Gasteiger partial charge in [0, 0.05) is 11.9 Å². The molecule has 2 atom stereocenters. The number of nitrogens with one attached hydrogen (secondary N) is 1. The quantitative estimate of drug-likeness (QED) is 0.788. The molecular formula is C18H18N2O4S. The summed E-state index contributed by atoms with van der Waals surface area (Å²) in [5.41, 5.74) is 1.74. The van der Waals surface area contributed by atoms with E-state index in [1.54, 1.807) is 6.20 Å². The molecular weight excluding hydrogens is 340 g/mol. The number of thioether (sulfide) groups is 1. The first-order valence-electron chi connectivity index (χ1n) is 7.90. The maximum Gasteiger partial charge on any atom is 0.286 e. The van der Waals surface area contributed by atoms with E-state index in [4.69, 9.17) is 4.74 Å². The number of hydrogen-bond donors (Lipinski definition) is 2. The number of amides is 2. The molecule has 1 aromatic heterocycles. The molecule has 25 heavy (non-hydrogen) atoms. The molecule has 1 aliphatic heterocycles. The van der Waals surface area contributed by atoms with Crippen molar-refractivity contribution < 1.29 is 19.4 Å². The lowest BCUT2D eigenvalue weighted by atomic mass is 10.1. The smallest absolute Gasteiger partial charge is 0.286 e. The Morgan fingerprint density at radius 3 is 2.60 bits per heavy atom. The molecule has 0 aliphatic carbocycles. The molecule has 2 aromatic rings. The molecule has 2 unspecified atom stereocenters. The number of pyridine rings is 1. The third kappa shape index (κ3) is 4.58. The molecule has 1 aromatic carbocycles. The van der Waals surface area contributed by atoms with Gasteiger partial charge in [0.25, 0.3) is 5.24 Å². The molecule has 0 spiro atoms. The average Bonchev–Trinajstić information content (AvgIpc) is 2.95. The molecule has 0 radical (unpaired) electrons. The standard InChI is InChI=1S/C18H18N2O4S/c21-10-13(15-3-1-2-8-19-15)11-24-14-6-4-12(5-7-14)9-16-17(22)20-18(23)25-16/h1-8,13,16,21H,9-11H2,(H,20,22,23). The van der Waals surface area contributed by atoms with Crippen molar-refractivity contribution in [3.63, 3.8) is 0 Å². The highest BCUT2D eigenvalue weighted by Gasteiger charge is 2.31. The molecule has 1 fully saturated rings. The van der Waals surface area contributed by atoms with Gasteiger partial charge < -0.3 is 9.84 Å². The minimum atomic E-state index is -0.373. The Hall–Kier alpha value is -2.38. The average molecular weight is 358 g/mol. The van der Waals surface area contributed by atoms with Crippen LogP contribution in [0.5, 0.6) is 5.75 Å². The Kier molecular flexibility index (Phi) is 5.67. The molecule has 7 heteroatoms. The fraction of sp³-hybridized carbons (Fsp3) is 0.278. The number of carbonyl (C=O) groups excluding carboxylic acids is 2. The monoisotopic (exact) mass is 358 g/mol. The number of benzene rings is 1. The number of ether oxygens (including phenoxy) is 1. The Morgan fingerprint density at radius 1 is 1.20 bits per heavy atom. The van der Waals surface area contributed by atoms with E-state index >= 15 is 0 Å². The van der Waals surface area contributed by atoms with E-state index in [9.17, 15) is 14.7 Å². The summed E-state index contributed by atoms with van der Waals surface area (Å²) in [6.07, 6.45) is 2.18. The van der Waals surface area contributed by atoms with Crippen LogP contribution in [0.4, 0.5) is 4.79 Å². The van der Waals surface area contributed by atoms with E-state index in [0.29, 0.717) is 18.8 Å². The number of rotatable bonds is 7. The summed E-state index contributed by atoms with van der Waals surface area (Å²) in [5.74, 6) is 0.250. The molecule has 2 N–H and O–H groups in total. The number of aliphatic hydroxyl groups is 1. The lowest BCUT2D eigenvalue weighted by molar-refractivity contribution is -0.118. The van der Waals surface area contributed by atoms with Gasteiger partial charge in [-0.3, -0.25) is 19.9 Å². The summed E-state index contributed by atoms with van der Waals surface area (Å²) in [7, 11) is 0. The van der Waals surface area contributed by atoms with Crippen LogP contribution in [0.1, 0.15) is 17.2 Å². The van der Waals surface area contributed by atoms with Gasteiger partial charge >= 0.3 is 0 Å². The topological polar surface area (TPSA) is 88.5 Å². The Bertz CT molecular complexity index is 737. The van der Waals surface area contributed by atoms with Gasteiger partial charge in [0.15, 0.2) is 0 Å². The van der Waals surface area contributed by atoms with Gasteiger partial charge in [-0.15, -0.1) is 0 Å². The van der Waals surface area contributed by atoms with Crippen LogP contribution in [-0.4, -0.2) is 39.7 Å². The third-order valence-electron chi connectivity index (χ3n) is 3.89. The number of imide groups is 1. The molecule has 0 bridgehead atoms. The van der Waals surface area contributed by atoms with Crippen LogP contribution in [0.2, 0.25) is 0 Å². The first-order valence-corrected chi connectivity index (χ1v) is 8.78. The minimum Gasteiger partial charge on any atom is -0.493 e. The summed E-state index contributed by atoms with van der Waals surface area (Å²) >= 11 is 1.02. The first-order chi connectivity index (χ1) is 12.2. The molecule has 1 saturated heterocycles. The van der Waals surface area contributed by atoms with Gasteiger partial charge in [0.2, 0.25) is 5.91 Å². The van der Waals surface area contributed by atoms with Crippen molar-refractivity contribution in [2.75, 3.05) is 13.2 Å². The fourth-order valence-corrected chi connectivity index (χ4v) is 3.37.